The molecule has 1 saturated carbocycles. The van der Waals surface area contributed by atoms with Crippen LogP contribution in [0.2, 0.25) is 0 Å². The molecule has 148 valence electrons. The minimum absolute atomic E-state index is 0.0891. The number of nitrogens with zero attached hydrogens (tertiary/aromatic N) is 1. The maximum Gasteiger partial charge on any atom is 0.242 e. The van der Waals surface area contributed by atoms with Gasteiger partial charge in [0.1, 0.15) is 6.04 Å². The minimum Gasteiger partial charge on any atom is -0.384 e. The van der Waals surface area contributed by atoms with Crippen LogP contribution in [-0.4, -0.2) is 62.0 Å². The van der Waals surface area contributed by atoms with Crippen molar-refractivity contribution in [2.24, 2.45) is 11.3 Å². The van der Waals surface area contributed by atoms with Crippen molar-refractivity contribution in [2.45, 2.75) is 58.4 Å². The lowest BCUT2D eigenvalue weighted by Gasteiger charge is -2.41. The first-order chi connectivity index (χ1) is 12.3. The number of ether oxygens (including phenoxy) is 1. The Bertz CT molecular complexity index is 511. The van der Waals surface area contributed by atoms with Crippen LogP contribution in [0, 0.1) is 11.3 Å². The zero-order chi connectivity index (χ0) is 19.2. The van der Waals surface area contributed by atoms with E-state index in [1.165, 1.54) is 13.3 Å². The van der Waals surface area contributed by atoms with E-state index in [4.69, 9.17) is 4.74 Å². The van der Waals surface area contributed by atoms with Crippen LogP contribution < -0.4 is 10.6 Å². The fourth-order valence-electron chi connectivity index (χ4n) is 3.91. The number of nitrogens with one attached hydrogen (secondary N) is 2. The van der Waals surface area contributed by atoms with Gasteiger partial charge >= 0.3 is 0 Å². The summed E-state index contributed by atoms with van der Waals surface area (Å²) in [4.78, 5) is 37.5. The highest BCUT2D eigenvalue weighted by atomic mass is 16.5. The van der Waals surface area contributed by atoms with Gasteiger partial charge in [-0.15, -0.1) is 0 Å². The lowest BCUT2D eigenvalue weighted by atomic mass is 9.78. The maximum absolute atomic E-state index is 12.7. The molecule has 0 unspecified atom stereocenters. The Balaban J connectivity index is 1.92. The van der Waals surface area contributed by atoms with Crippen molar-refractivity contribution >= 4 is 17.7 Å². The number of methoxy groups -OCH3 is 1. The van der Waals surface area contributed by atoms with Crippen LogP contribution in [0.25, 0.3) is 0 Å². The van der Waals surface area contributed by atoms with Gasteiger partial charge in [-0.25, -0.2) is 0 Å². The minimum atomic E-state index is -0.463. The van der Waals surface area contributed by atoms with Crippen LogP contribution in [0.5, 0.6) is 0 Å². The average molecular weight is 367 g/mol. The van der Waals surface area contributed by atoms with Gasteiger partial charge in [-0.1, -0.05) is 19.3 Å². The van der Waals surface area contributed by atoms with Crippen LogP contribution in [0.3, 0.4) is 0 Å². The normalized spacial score (nSPS) is 20.8. The fraction of sp³-hybridized carbons (Fsp3) is 0.842. The van der Waals surface area contributed by atoms with Gasteiger partial charge in [-0.05, 0) is 25.2 Å². The molecule has 3 amide bonds. The third-order valence-corrected chi connectivity index (χ3v) is 5.85. The summed E-state index contributed by atoms with van der Waals surface area (Å²) in [5, 5.41) is 5.84. The predicted molar refractivity (Wildman–Crippen MR) is 98.4 cm³/mol. The Morgan fingerprint density at radius 1 is 1.19 bits per heavy atom. The second-order valence-corrected chi connectivity index (χ2v) is 7.94. The van der Waals surface area contributed by atoms with E-state index in [2.05, 4.69) is 10.6 Å². The summed E-state index contributed by atoms with van der Waals surface area (Å²) in [6, 6.07) is -0.463. The molecule has 7 heteroatoms. The Hall–Kier alpha value is -1.63. The second kappa shape index (κ2) is 9.35. The Morgan fingerprint density at radius 2 is 1.85 bits per heavy atom. The molecule has 0 aromatic carbocycles. The smallest absolute Gasteiger partial charge is 0.242 e. The standard InChI is InChI=1S/C19H33N3O4/c1-14(23)21-17(11-16-5-4-6-16)18(25)20-12-19(13-26-3)7-9-22(10-8-19)15(2)24/h16-17H,4-13H2,1-3H3,(H,20,25)(H,21,23)/t17-/m1/s1. The van der Waals surface area contributed by atoms with Gasteiger partial charge in [0.25, 0.3) is 0 Å². The number of hydrogen-bond acceptors (Lipinski definition) is 4. The molecular weight excluding hydrogens is 334 g/mol. The number of likely N-dealkylation sites (tertiary alicyclic amines) is 1. The zero-order valence-electron chi connectivity index (χ0n) is 16.3. The quantitative estimate of drug-likeness (QED) is 0.672. The van der Waals surface area contributed by atoms with E-state index in [1.54, 1.807) is 14.0 Å². The first kappa shape index (κ1) is 20.7. The average Bonchev–Trinajstić information content (AvgIpc) is 2.55. The second-order valence-electron chi connectivity index (χ2n) is 7.94. The van der Waals surface area contributed by atoms with Crippen molar-refractivity contribution < 1.29 is 19.1 Å². The molecule has 1 heterocycles. The monoisotopic (exact) mass is 367 g/mol. The van der Waals surface area contributed by atoms with Gasteiger partial charge < -0.3 is 20.3 Å². The third kappa shape index (κ3) is 5.69. The highest BCUT2D eigenvalue weighted by Gasteiger charge is 2.36. The molecule has 0 spiro atoms. The van der Waals surface area contributed by atoms with Crippen LogP contribution in [0.15, 0.2) is 0 Å². The summed E-state index contributed by atoms with van der Waals surface area (Å²) < 4.78 is 5.40. The van der Waals surface area contributed by atoms with Crippen molar-refractivity contribution in [2.75, 3.05) is 33.4 Å². The molecule has 2 aliphatic rings. The van der Waals surface area contributed by atoms with Crippen molar-refractivity contribution in [3.05, 3.63) is 0 Å². The van der Waals surface area contributed by atoms with Gasteiger partial charge in [0.2, 0.25) is 17.7 Å². The summed E-state index contributed by atoms with van der Waals surface area (Å²) in [5.74, 6) is 0.332. The summed E-state index contributed by atoms with van der Waals surface area (Å²) >= 11 is 0. The van der Waals surface area contributed by atoms with Crippen LogP contribution >= 0.6 is 0 Å². The molecule has 2 rings (SSSR count). The molecule has 2 fully saturated rings. The summed E-state index contributed by atoms with van der Waals surface area (Å²) in [6.07, 6.45) is 5.79. The molecule has 26 heavy (non-hydrogen) atoms. The Morgan fingerprint density at radius 3 is 2.31 bits per heavy atom. The number of rotatable bonds is 8. The first-order valence-corrected chi connectivity index (χ1v) is 9.64. The maximum atomic E-state index is 12.7. The van der Waals surface area contributed by atoms with Crippen molar-refractivity contribution in [3.8, 4) is 0 Å². The molecule has 2 N–H and O–H groups in total. The van der Waals surface area contributed by atoms with E-state index < -0.39 is 6.04 Å². The van der Waals surface area contributed by atoms with E-state index >= 15 is 0 Å². The number of carbonyl (C=O) groups excluding carboxylic acids is 3. The number of hydrogen-bond donors (Lipinski definition) is 2. The van der Waals surface area contributed by atoms with Gasteiger partial charge in [0.05, 0.1) is 6.61 Å². The Kier molecular flexibility index (Phi) is 7.43. The van der Waals surface area contributed by atoms with Crippen molar-refractivity contribution in [1.82, 2.24) is 15.5 Å². The zero-order valence-corrected chi connectivity index (χ0v) is 16.3. The predicted octanol–water partition coefficient (Wildman–Crippen LogP) is 1.07. The first-order valence-electron chi connectivity index (χ1n) is 9.64. The summed E-state index contributed by atoms with van der Waals surface area (Å²) in [6.45, 7) is 5.46. The molecule has 0 radical (unpaired) electrons. The molecule has 0 bridgehead atoms. The lowest BCUT2D eigenvalue weighted by molar-refractivity contribution is -0.133. The van der Waals surface area contributed by atoms with E-state index in [1.807, 2.05) is 4.90 Å². The van der Waals surface area contributed by atoms with E-state index in [0.29, 0.717) is 38.6 Å². The molecule has 1 saturated heterocycles. The SMILES string of the molecule is COCC1(CNC(=O)[C@@H](CC2CCC2)NC(C)=O)CCN(C(C)=O)CC1. The van der Waals surface area contributed by atoms with Crippen LogP contribution in [0.4, 0.5) is 0 Å². The number of amides is 3. The van der Waals surface area contributed by atoms with Gasteiger partial charge in [0, 0.05) is 46.0 Å². The third-order valence-electron chi connectivity index (χ3n) is 5.85. The highest BCUT2D eigenvalue weighted by molar-refractivity contribution is 5.86. The highest BCUT2D eigenvalue weighted by Crippen LogP contribution is 2.32. The Labute approximate surface area is 156 Å². The van der Waals surface area contributed by atoms with Crippen molar-refractivity contribution in [3.63, 3.8) is 0 Å². The molecule has 0 aromatic rings. The lowest BCUT2D eigenvalue weighted by Crippen LogP contribution is -2.53. The van der Waals surface area contributed by atoms with Crippen molar-refractivity contribution in [1.29, 1.82) is 0 Å². The largest absolute Gasteiger partial charge is 0.384 e. The van der Waals surface area contributed by atoms with Gasteiger partial charge in [-0.2, -0.15) is 0 Å². The number of carbonyl (C=O) groups is 3. The van der Waals surface area contributed by atoms with Gasteiger partial charge in [-0.3, -0.25) is 14.4 Å². The van der Waals surface area contributed by atoms with Crippen LogP contribution in [-0.2, 0) is 19.1 Å². The van der Waals surface area contributed by atoms with Crippen LogP contribution in [0.1, 0.15) is 52.4 Å². The molecule has 0 aromatic heterocycles. The molecular formula is C19H33N3O4. The summed E-state index contributed by atoms with van der Waals surface area (Å²) in [5.41, 5.74) is -0.159. The van der Waals surface area contributed by atoms with E-state index in [0.717, 1.165) is 25.7 Å². The topological polar surface area (TPSA) is 87.7 Å². The molecule has 7 nitrogen and oxygen atoms in total. The van der Waals surface area contributed by atoms with Gasteiger partial charge in [0.15, 0.2) is 0 Å². The van der Waals surface area contributed by atoms with E-state index in [9.17, 15) is 14.4 Å². The summed E-state index contributed by atoms with van der Waals surface area (Å²) in [7, 11) is 1.66. The molecule has 1 atom stereocenters. The molecule has 1 aliphatic carbocycles. The van der Waals surface area contributed by atoms with E-state index in [-0.39, 0.29) is 23.1 Å². The molecule has 1 aliphatic heterocycles. The number of piperidine rings is 1. The fourth-order valence-corrected chi connectivity index (χ4v) is 3.91.